The molecule has 0 aromatic heterocycles. The highest BCUT2D eigenvalue weighted by Gasteiger charge is 2.41. The third-order valence-electron chi connectivity index (χ3n) is 3.75. The van der Waals surface area contributed by atoms with E-state index >= 15 is 0 Å². The van der Waals surface area contributed by atoms with Crippen LogP contribution in [0.5, 0.6) is 0 Å². The Labute approximate surface area is 94.8 Å². The van der Waals surface area contributed by atoms with Gasteiger partial charge in [0.15, 0.2) is 0 Å². The van der Waals surface area contributed by atoms with Crippen molar-refractivity contribution in [1.29, 1.82) is 0 Å². The summed E-state index contributed by atoms with van der Waals surface area (Å²) in [5.74, 6) is 1.40. The normalized spacial score (nSPS) is 37.7. The van der Waals surface area contributed by atoms with Gasteiger partial charge in [-0.2, -0.15) is 0 Å². The van der Waals surface area contributed by atoms with Crippen LogP contribution >= 0.6 is 15.9 Å². The number of rotatable bonds is 4. The van der Waals surface area contributed by atoms with Crippen LogP contribution in [-0.2, 0) is 0 Å². The highest BCUT2D eigenvalue weighted by atomic mass is 79.9. The van der Waals surface area contributed by atoms with Crippen molar-refractivity contribution < 1.29 is 5.11 Å². The average molecular weight is 262 g/mol. The maximum atomic E-state index is 9.75. The summed E-state index contributed by atoms with van der Waals surface area (Å²) in [6, 6.07) is 0. The summed E-state index contributed by atoms with van der Waals surface area (Å²) in [6.07, 6.45) is 4.86. The lowest BCUT2D eigenvalue weighted by Gasteiger charge is -2.17. The summed E-state index contributed by atoms with van der Waals surface area (Å²) in [6.45, 7) is 3.61. The SMILES string of the molecule is OC1CCC2CN(CCCCBr)CC12. The van der Waals surface area contributed by atoms with Gasteiger partial charge in [-0.15, -0.1) is 0 Å². The summed E-state index contributed by atoms with van der Waals surface area (Å²) in [7, 11) is 0. The predicted molar refractivity (Wildman–Crippen MR) is 61.7 cm³/mol. The zero-order valence-electron chi connectivity index (χ0n) is 8.66. The van der Waals surface area contributed by atoms with Crippen molar-refractivity contribution in [3.63, 3.8) is 0 Å². The van der Waals surface area contributed by atoms with E-state index in [1.165, 1.54) is 32.4 Å². The monoisotopic (exact) mass is 261 g/mol. The first-order chi connectivity index (χ1) is 6.81. The van der Waals surface area contributed by atoms with Gasteiger partial charge in [0.2, 0.25) is 0 Å². The number of halogens is 1. The molecule has 1 aliphatic carbocycles. The minimum absolute atomic E-state index is 0.00109. The topological polar surface area (TPSA) is 23.5 Å². The maximum absolute atomic E-state index is 9.75. The van der Waals surface area contributed by atoms with Gasteiger partial charge in [0.25, 0.3) is 0 Å². The molecule has 82 valence electrons. The molecular formula is C11H20BrNO. The fourth-order valence-electron chi connectivity index (χ4n) is 2.94. The first-order valence-corrected chi connectivity index (χ1v) is 6.90. The molecule has 0 amide bonds. The van der Waals surface area contributed by atoms with E-state index in [0.717, 1.165) is 24.2 Å². The van der Waals surface area contributed by atoms with Crippen molar-refractivity contribution in [3.05, 3.63) is 0 Å². The number of fused-ring (bicyclic) bond motifs is 1. The number of likely N-dealkylation sites (tertiary alicyclic amines) is 1. The molecule has 0 radical (unpaired) electrons. The molecule has 2 rings (SSSR count). The average Bonchev–Trinajstić information content (AvgIpc) is 2.70. The van der Waals surface area contributed by atoms with Gasteiger partial charge in [-0.25, -0.2) is 0 Å². The molecule has 3 unspecified atom stereocenters. The van der Waals surface area contributed by atoms with Crippen LogP contribution in [0, 0.1) is 11.8 Å². The molecule has 1 N–H and O–H groups in total. The van der Waals surface area contributed by atoms with Gasteiger partial charge in [-0.3, -0.25) is 0 Å². The number of hydrogen-bond acceptors (Lipinski definition) is 2. The summed E-state index contributed by atoms with van der Waals surface area (Å²) in [5, 5.41) is 10.9. The number of hydrogen-bond donors (Lipinski definition) is 1. The number of alkyl halides is 1. The number of unbranched alkanes of at least 4 members (excludes halogenated alkanes) is 1. The quantitative estimate of drug-likeness (QED) is 0.617. The van der Waals surface area contributed by atoms with E-state index in [9.17, 15) is 5.11 Å². The smallest absolute Gasteiger partial charge is 0.0583 e. The van der Waals surface area contributed by atoms with Gasteiger partial charge in [-0.05, 0) is 38.1 Å². The van der Waals surface area contributed by atoms with E-state index in [2.05, 4.69) is 20.8 Å². The minimum Gasteiger partial charge on any atom is -0.393 e. The molecular weight excluding hydrogens is 242 g/mol. The van der Waals surface area contributed by atoms with Gasteiger partial charge >= 0.3 is 0 Å². The molecule has 2 fully saturated rings. The summed E-state index contributed by atoms with van der Waals surface area (Å²) < 4.78 is 0. The van der Waals surface area contributed by atoms with Crippen LogP contribution < -0.4 is 0 Å². The minimum atomic E-state index is 0.00109. The molecule has 0 spiro atoms. The molecule has 1 saturated heterocycles. The standard InChI is InChI=1S/C11H20BrNO/c12-5-1-2-6-13-7-9-3-4-11(14)10(9)8-13/h9-11,14H,1-8H2. The van der Waals surface area contributed by atoms with Crippen LogP contribution in [0.3, 0.4) is 0 Å². The van der Waals surface area contributed by atoms with Gasteiger partial charge < -0.3 is 10.0 Å². The molecule has 3 heteroatoms. The second-order valence-corrected chi connectivity index (χ2v) is 5.52. The highest BCUT2D eigenvalue weighted by Crippen LogP contribution is 2.37. The molecule has 2 nitrogen and oxygen atoms in total. The third-order valence-corrected chi connectivity index (χ3v) is 4.31. The van der Waals surface area contributed by atoms with E-state index in [1.807, 2.05) is 0 Å². The third kappa shape index (κ3) is 2.31. The highest BCUT2D eigenvalue weighted by molar-refractivity contribution is 9.09. The zero-order valence-corrected chi connectivity index (χ0v) is 10.2. The van der Waals surface area contributed by atoms with Gasteiger partial charge in [0.1, 0.15) is 0 Å². The van der Waals surface area contributed by atoms with Crippen LogP contribution in [0.1, 0.15) is 25.7 Å². The summed E-state index contributed by atoms with van der Waals surface area (Å²) >= 11 is 3.46. The lowest BCUT2D eigenvalue weighted by Crippen LogP contribution is -2.25. The molecule has 0 aromatic rings. The summed E-state index contributed by atoms with van der Waals surface area (Å²) in [5.41, 5.74) is 0. The Morgan fingerprint density at radius 3 is 2.79 bits per heavy atom. The van der Waals surface area contributed by atoms with Crippen molar-refractivity contribution in [3.8, 4) is 0 Å². The Morgan fingerprint density at radius 2 is 2.07 bits per heavy atom. The lowest BCUT2D eigenvalue weighted by molar-refractivity contribution is 0.124. The first kappa shape index (κ1) is 10.9. The predicted octanol–water partition coefficient (Wildman–Crippen LogP) is 1.86. The second-order valence-electron chi connectivity index (χ2n) is 4.72. The fraction of sp³-hybridized carbons (Fsp3) is 1.00. The summed E-state index contributed by atoms with van der Waals surface area (Å²) in [4.78, 5) is 2.54. The number of nitrogens with zero attached hydrogens (tertiary/aromatic N) is 1. The van der Waals surface area contributed by atoms with E-state index in [0.29, 0.717) is 5.92 Å². The Balaban J connectivity index is 1.72. The van der Waals surface area contributed by atoms with E-state index in [4.69, 9.17) is 0 Å². The molecule has 14 heavy (non-hydrogen) atoms. The number of aliphatic hydroxyl groups excluding tert-OH is 1. The molecule has 3 atom stereocenters. The molecule has 1 saturated carbocycles. The van der Waals surface area contributed by atoms with Gasteiger partial charge in [0.05, 0.1) is 6.10 Å². The van der Waals surface area contributed by atoms with Crippen molar-refractivity contribution in [1.82, 2.24) is 4.90 Å². The molecule has 2 aliphatic rings. The Kier molecular flexibility index (Phi) is 3.86. The Morgan fingerprint density at radius 1 is 1.21 bits per heavy atom. The van der Waals surface area contributed by atoms with Gasteiger partial charge in [-0.1, -0.05) is 15.9 Å². The lowest BCUT2D eigenvalue weighted by atomic mass is 10.00. The Bertz CT molecular complexity index is 188. The molecule has 1 heterocycles. The largest absolute Gasteiger partial charge is 0.393 e. The van der Waals surface area contributed by atoms with Crippen LogP contribution in [0.15, 0.2) is 0 Å². The van der Waals surface area contributed by atoms with E-state index < -0.39 is 0 Å². The zero-order chi connectivity index (χ0) is 9.97. The van der Waals surface area contributed by atoms with Crippen LogP contribution in [-0.4, -0.2) is 41.1 Å². The van der Waals surface area contributed by atoms with Gasteiger partial charge in [0, 0.05) is 24.3 Å². The van der Waals surface area contributed by atoms with Crippen molar-refractivity contribution >= 4 is 15.9 Å². The second kappa shape index (κ2) is 4.95. The van der Waals surface area contributed by atoms with Crippen molar-refractivity contribution in [2.45, 2.75) is 31.8 Å². The van der Waals surface area contributed by atoms with Crippen molar-refractivity contribution in [2.24, 2.45) is 11.8 Å². The molecule has 0 aromatic carbocycles. The molecule has 1 aliphatic heterocycles. The van der Waals surface area contributed by atoms with E-state index in [-0.39, 0.29) is 6.10 Å². The number of aliphatic hydroxyl groups is 1. The van der Waals surface area contributed by atoms with Crippen LogP contribution in [0.4, 0.5) is 0 Å². The Hall–Kier alpha value is 0.400. The van der Waals surface area contributed by atoms with Crippen LogP contribution in [0.2, 0.25) is 0 Å². The molecule has 0 bridgehead atoms. The fourth-order valence-corrected chi connectivity index (χ4v) is 3.34. The first-order valence-electron chi connectivity index (χ1n) is 5.77. The maximum Gasteiger partial charge on any atom is 0.0583 e. The van der Waals surface area contributed by atoms with Crippen LogP contribution in [0.25, 0.3) is 0 Å². The van der Waals surface area contributed by atoms with E-state index in [1.54, 1.807) is 0 Å². The van der Waals surface area contributed by atoms with Crippen molar-refractivity contribution in [2.75, 3.05) is 25.0 Å².